The fourth-order valence-corrected chi connectivity index (χ4v) is 9.08. The lowest BCUT2D eigenvalue weighted by Gasteiger charge is -2.18. The molecule has 2 aliphatic rings. The molecule has 12 heteroatoms. The summed E-state index contributed by atoms with van der Waals surface area (Å²) in [7, 11) is 3.91. The molecule has 0 radical (unpaired) electrons. The molecule has 0 aromatic rings. The van der Waals surface area contributed by atoms with Crippen LogP contribution < -0.4 is 21.7 Å². The van der Waals surface area contributed by atoms with E-state index in [-0.39, 0.29) is 36.3 Å². The van der Waals surface area contributed by atoms with Gasteiger partial charge in [-0.1, -0.05) is 34.4 Å². The van der Waals surface area contributed by atoms with Gasteiger partial charge in [0, 0.05) is 55.1 Å². The zero-order valence-corrected chi connectivity index (χ0v) is 26.4. The number of hydrogen-bond donors (Lipinski definition) is 4. The van der Waals surface area contributed by atoms with E-state index in [4.69, 9.17) is 10.5 Å². The summed E-state index contributed by atoms with van der Waals surface area (Å²) in [5.74, 6) is 1.78. The summed E-state index contributed by atoms with van der Waals surface area (Å²) in [5.41, 5.74) is 5.39. The van der Waals surface area contributed by atoms with Crippen molar-refractivity contribution in [2.45, 2.75) is 106 Å². The highest BCUT2D eigenvalue weighted by Gasteiger charge is 2.24. The molecule has 3 amide bonds. The van der Waals surface area contributed by atoms with E-state index in [0.717, 1.165) is 37.4 Å². The van der Waals surface area contributed by atoms with Crippen molar-refractivity contribution in [1.29, 1.82) is 0 Å². The normalized spacial score (nSPS) is 19.3. The van der Waals surface area contributed by atoms with Gasteiger partial charge in [0.2, 0.25) is 17.7 Å². The average molecular weight is 619 g/mol. The van der Waals surface area contributed by atoms with E-state index in [9.17, 15) is 19.2 Å². The van der Waals surface area contributed by atoms with Crippen molar-refractivity contribution >= 4 is 56.9 Å². The Bertz CT molecular complexity index is 749. The van der Waals surface area contributed by atoms with Crippen molar-refractivity contribution in [2.24, 2.45) is 5.73 Å². The number of nitrogens with two attached hydrogens (primary N) is 1. The van der Waals surface area contributed by atoms with Crippen LogP contribution in [0.3, 0.4) is 0 Å². The first-order valence-electron chi connectivity index (χ1n) is 15.0. The summed E-state index contributed by atoms with van der Waals surface area (Å²) in [6.45, 7) is 1.89. The van der Waals surface area contributed by atoms with E-state index in [1.165, 1.54) is 37.2 Å². The first-order valence-corrected chi connectivity index (χ1v) is 18.4. The van der Waals surface area contributed by atoms with E-state index >= 15 is 0 Å². The summed E-state index contributed by atoms with van der Waals surface area (Å²) >= 11 is 2.02. The van der Waals surface area contributed by atoms with Gasteiger partial charge in [0.05, 0.1) is 25.7 Å². The van der Waals surface area contributed by atoms with Crippen LogP contribution in [0.15, 0.2) is 0 Å². The van der Waals surface area contributed by atoms with Crippen molar-refractivity contribution in [3.05, 3.63) is 0 Å². The van der Waals surface area contributed by atoms with Gasteiger partial charge in [0.15, 0.2) is 5.78 Å². The highest BCUT2D eigenvalue weighted by Crippen LogP contribution is 2.39. The molecule has 5 N–H and O–H groups in total. The van der Waals surface area contributed by atoms with Gasteiger partial charge < -0.3 is 26.4 Å². The maximum atomic E-state index is 13.0. The summed E-state index contributed by atoms with van der Waals surface area (Å²) in [6, 6.07) is -0.870. The van der Waals surface area contributed by atoms with Gasteiger partial charge in [-0.25, -0.2) is 0 Å². The fraction of sp³-hybridized carbons (Fsp3) is 0.857. The molecule has 0 aliphatic carbocycles. The number of rotatable bonds is 23. The first-order chi connectivity index (χ1) is 19.5. The zero-order chi connectivity index (χ0) is 28.8. The van der Waals surface area contributed by atoms with Crippen LogP contribution in [0.5, 0.6) is 0 Å². The molecule has 40 heavy (non-hydrogen) atoms. The van der Waals surface area contributed by atoms with Crippen molar-refractivity contribution < 1.29 is 23.9 Å². The second-order valence-electron chi connectivity index (χ2n) is 10.5. The number of thioether (sulfide) groups is 1. The Morgan fingerprint density at radius 3 is 2.25 bits per heavy atom. The average Bonchev–Trinajstić information content (AvgIpc) is 3.66. The molecule has 2 aliphatic heterocycles. The van der Waals surface area contributed by atoms with Crippen LogP contribution in [0.2, 0.25) is 0 Å². The molecule has 0 aromatic heterocycles. The first kappa shape index (κ1) is 35.2. The Morgan fingerprint density at radius 2 is 1.55 bits per heavy atom. The lowest BCUT2D eigenvalue weighted by molar-refractivity contribution is -0.130. The Balaban J connectivity index is 1.67. The molecular formula is C28H50N4O5S3. The van der Waals surface area contributed by atoms with Crippen LogP contribution in [-0.4, -0.2) is 84.4 Å². The van der Waals surface area contributed by atoms with Crippen LogP contribution in [0, 0.1) is 0 Å². The van der Waals surface area contributed by atoms with Gasteiger partial charge in [-0.3, -0.25) is 19.2 Å². The molecule has 0 saturated carbocycles. The Morgan fingerprint density at radius 1 is 0.800 bits per heavy atom. The molecule has 0 spiro atoms. The summed E-state index contributed by atoms with van der Waals surface area (Å²) in [6.07, 6.45) is 11.2. The highest BCUT2D eigenvalue weighted by atomic mass is 33.1. The Hall–Kier alpha value is -0.950. The molecule has 0 aromatic carbocycles. The summed E-state index contributed by atoms with van der Waals surface area (Å²) < 4.78 is 5.27. The Kier molecular flexibility index (Phi) is 19.9. The lowest BCUT2D eigenvalue weighted by atomic mass is 10.0. The number of nitrogens with one attached hydrogen (secondary N) is 3. The largest absolute Gasteiger partial charge is 0.378 e. The molecule has 0 bridgehead atoms. The highest BCUT2D eigenvalue weighted by molar-refractivity contribution is 8.77. The lowest BCUT2D eigenvalue weighted by Crippen LogP contribution is -2.44. The number of carbonyl (C=O) groups is 4. The molecule has 2 rings (SSSR count). The number of ketones is 1. The topological polar surface area (TPSA) is 140 Å². The smallest absolute Gasteiger partial charge is 0.222 e. The van der Waals surface area contributed by atoms with Crippen LogP contribution in [-0.2, 0) is 23.9 Å². The molecule has 2 fully saturated rings. The zero-order valence-electron chi connectivity index (χ0n) is 23.9. The number of hydrogen-bond acceptors (Lipinski definition) is 9. The monoisotopic (exact) mass is 618 g/mol. The minimum Gasteiger partial charge on any atom is -0.378 e. The number of unbranched alkanes of at least 4 members (excludes halogenated alkanes) is 2. The van der Waals surface area contributed by atoms with E-state index in [0.29, 0.717) is 57.4 Å². The van der Waals surface area contributed by atoms with Gasteiger partial charge >= 0.3 is 0 Å². The number of ether oxygens (including phenoxy) is 1. The van der Waals surface area contributed by atoms with Gasteiger partial charge in [0.25, 0.3) is 0 Å². The van der Waals surface area contributed by atoms with Crippen molar-refractivity contribution in [3.63, 3.8) is 0 Å². The number of Topliss-reactive ketones (excluding diaryl/α,β-unsaturated/α-hetero) is 1. The van der Waals surface area contributed by atoms with Crippen molar-refractivity contribution in [2.75, 3.05) is 44.4 Å². The standard InChI is InChI=1S/C28H50N4O5S3/c29-14-17-37-18-16-31-28(36)21-24(32-27(35)12-4-1-7-22-9-6-19-38-22)25(33)10-5-15-30-26(34)11-3-2-8-23-13-20-39-40-23/h22-24H,1-21,29H2,(H,30,34)(H,31,36)(H,32,35)/t22?,23?,24-/m0/s1. The molecule has 3 atom stereocenters. The summed E-state index contributed by atoms with van der Waals surface area (Å²) in [4.78, 5) is 50.2. The summed E-state index contributed by atoms with van der Waals surface area (Å²) in [5, 5.41) is 9.88. The number of amides is 3. The van der Waals surface area contributed by atoms with E-state index in [2.05, 4.69) is 16.0 Å². The van der Waals surface area contributed by atoms with E-state index < -0.39 is 6.04 Å². The molecule has 2 saturated heterocycles. The van der Waals surface area contributed by atoms with Gasteiger partial charge in [-0.2, -0.15) is 11.8 Å². The predicted octanol–water partition coefficient (Wildman–Crippen LogP) is 3.59. The molecular weight excluding hydrogens is 569 g/mol. The molecule has 9 nitrogen and oxygen atoms in total. The van der Waals surface area contributed by atoms with Crippen LogP contribution in [0.25, 0.3) is 0 Å². The predicted molar refractivity (Wildman–Crippen MR) is 168 cm³/mol. The quantitative estimate of drug-likeness (QED) is 0.0999. The molecule has 2 heterocycles. The second kappa shape index (κ2) is 22.6. The van der Waals surface area contributed by atoms with Crippen molar-refractivity contribution in [3.8, 4) is 0 Å². The van der Waals surface area contributed by atoms with E-state index in [1.807, 2.05) is 33.3 Å². The van der Waals surface area contributed by atoms with Crippen LogP contribution in [0.4, 0.5) is 0 Å². The third-order valence-corrected chi connectivity index (χ3v) is 11.5. The maximum Gasteiger partial charge on any atom is 0.222 e. The van der Waals surface area contributed by atoms with Gasteiger partial charge in [-0.15, -0.1) is 0 Å². The fourth-order valence-electron chi connectivity index (χ4n) is 4.72. The number of carbonyl (C=O) groups excluding carboxylic acids is 4. The van der Waals surface area contributed by atoms with Crippen LogP contribution >= 0.6 is 33.3 Å². The molecule has 230 valence electrons. The second-order valence-corrected chi connectivity index (χ2v) is 14.6. The van der Waals surface area contributed by atoms with Crippen LogP contribution in [0.1, 0.15) is 89.9 Å². The third kappa shape index (κ3) is 17.1. The van der Waals surface area contributed by atoms with Gasteiger partial charge in [-0.05, 0) is 57.1 Å². The minimum absolute atomic E-state index is 0.0120. The minimum atomic E-state index is -0.870. The maximum absolute atomic E-state index is 13.0. The third-order valence-electron chi connectivity index (χ3n) is 6.98. The van der Waals surface area contributed by atoms with E-state index in [1.54, 1.807) is 0 Å². The Labute approximate surface area is 252 Å². The van der Waals surface area contributed by atoms with Gasteiger partial charge in [0.1, 0.15) is 0 Å². The molecule has 2 unspecified atom stereocenters. The SMILES string of the molecule is NCCOCCNC(=O)C[C@H](NC(=O)CCCCC1CCCS1)C(=O)CCCNC(=O)CCCCC1CCSS1. The van der Waals surface area contributed by atoms with Crippen molar-refractivity contribution in [1.82, 2.24) is 16.0 Å².